The quantitative estimate of drug-likeness (QED) is 0.567. The zero-order chi connectivity index (χ0) is 13.0. The maximum atomic E-state index is 12.1. The van der Waals surface area contributed by atoms with E-state index in [2.05, 4.69) is 15.7 Å². The topological polar surface area (TPSA) is 80.0 Å². The van der Waals surface area contributed by atoms with Gasteiger partial charge in [0.25, 0.3) is 5.91 Å². The number of hydrazine groups is 1. The van der Waals surface area contributed by atoms with Crippen molar-refractivity contribution in [2.75, 3.05) is 10.7 Å². The number of nitrogens with one attached hydrogen (secondary N) is 2. The van der Waals surface area contributed by atoms with Crippen molar-refractivity contribution in [3.05, 3.63) is 53.7 Å². The highest BCUT2D eigenvalue weighted by atomic mass is 16.1. The number of nitrogens with two attached hydrogens (primary N) is 1. The molecule has 2 aromatic rings. The lowest BCUT2D eigenvalue weighted by molar-refractivity contribution is 0.102. The molecule has 0 saturated carbocycles. The molecule has 0 atom stereocenters. The molecule has 18 heavy (non-hydrogen) atoms. The number of anilines is 2. The van der Waals surface area contributed by atoms with Crippen molar-refractivity contribution in [3.63, 3.8) is 0 Å². The van der Waals surface area contributed by atoms with Gasteiger partial charge in [-0.15, -0.1) is 0 Å². The van der Waals surface area contributed by atoms with Gasteiger partial charge in [0.05, 0.1) is 11.3 Å². The predicted octanol–water partition coefficient (Wildman–Crippen LogP) is 1.93. The van der Waals surface area contributed by atoms with Crippen LogP contribution < -0.4 is 16.6 Å². The third-order valence-electron chi connectivity index (χ3n) is 2.48. The van der Waals surface area contributed by atoms with Crippen molar-refractivity contribution in [1.82, 2.24) is 4.98 Å². The number of nitrogen functional groups attached to an aromatic ring is 1. The lowest BCUT2D eigenvalue weighted by Crippen LogP contribution is -2.17. The molecule has 2 rings (SSSR count). The second kappa shape index (κ2) is 5.29. The maximum absolute atomic E-state index is 12.1. The Bertz CT molecular complexity index is 568. The van der Waals surface area contributed by atoms with Crippen molar-refractivity contribution in [1.29, 1.82) is 0 Å². The van der Waals surface area contributed by atoms with Crippen LogP contribution in [0.4, 0.5) is 11.5 Å². The number of benzene rings is 1. The van der Waals surface area contributed by atoms with Gasteiger partial charge in [-0.2, -0.15) is 0 Å². The first-order valence-electron chi connectivity index (χ1n) is 5.50. The number of carbonyl (C=O) groups excluding carboxylic acids is 1. The van der Waals surface area contributed by atoms with E-state index in [1.54, 1.807) is 36.5 Å². The smallest absolute Gasteiger partial charge is 0.258 e. The number of para-hydroxylation sites is 1. The third kappa shape index (κ3) is 2.64. The van der Waals surface area contributed by atoms with Crippen LogP contribution in [-0.4, -0.2) is 10.9 Å². The monoisotopic (exact) mass is 242 g/mol. The summed E-state index contributed by atoms with van der Waals surface area (Å²) in [6, 6.07) is 10.7. The fourth-order valence-electron chi connectivity index (χ4n) is 1.60. The van der Waals surface area contributed by atoms with Crippen LogP contribution in [0.25, 0.3) is 0 Å². The second-order valence-corrected chi connectivity index (χ2v) is 3.86. The Morgan fingerprint density at radius 1 is 1.28 bits per heavy atom. The van der Waals surface area contributed by atoms with Gasteiger partial charge in [0, 0.05) is 6.20 Å². The summed E-state index contributed by atoms with van der Waals surface area (Å²) in [5.41, 5.74) is 4.57. The summed E-state index contributed by atoms with van der Waals surface area (Å²) in [5, 5.41) is 2.73. The van der Waals surface area contributed by atoms with Crippen LogP contribution in [0.15, 0.2) is 42.6 Å². The molecule has 5 nitrogen and oxygen atoms in total. The molecule has 0 aliphatic heterocycles. The van der Waals surface area contributed by atoms with Gasteiger partial charge in [0.2, 0.25) is 0 Å². The first kappa shape index (κ1) is 12.1. The summed E-state index contributed by atoms with van der Waals surface area (Å²) >= 11 is 0. The average molecular weight is 242 g/mol. The highest BCUT2D eigenvalue weighted by Gasteiger charge is 2.10. The molecule has 0 aliphatic rings. The molecule has 0 unspecified atom stereocenters. The molecule has 4 N–H and O–H groups in total. The average Bonchev–Trinajstić information content (AvgIpc) is 2.38. The van der Waals surface area contributed by atoms with Crippen molar-refractivity contribution in [2.45, 2.75) is 6.92 Å². The molecular formula is C13H14N4O. The van der Waals surface area contributed by atoms with E-state index in [4.69, 9.17) is 5.84 Å². The van der Waals surface area contributed by atoms with Crippen molar-refractivity contribution in [3.8, 4) is 0 Å². The van der Waals surface area contributed by atoms with E-state index in [0.29, 0.717) is 17.1 Å². The minimum Gasteiger partial charge on any atom is -0.323 e. The SMILES string of the molecule is Cc1ccnc(NC(=O)c2ccccc2NN)c1. The number of amides is 1. The van der Waals surface area contributed by atoms with Gasteiger partial charge in [-0.3, -0.25) is 10.6 Å². The van der Waals surface area contributed by atoms with E-state index in [9.17, 15) is 4.79 Å². The largest absolute Gasteiger partial charge is 0.323 e. The van der Waals surface area contributed by atoms with Gasteiger partial charge in [-0.05, 0) is 36.8 Å². The lowest BCUT2D eigenvalue weighted by atomic mass is 10.1. The molecule has 92 valence electrons. The third-order valence-corrected chi connectivity index (χ3v) is 2.48. The van der Waals surface area contributed by atoms with Gasteiger partial charge < -0.3 is 10.7 Å². The highest BCUT2D eigenvalue weighted by molar-refractivity contribution is 6.07. The van der Waals surface area contributed by atoms with Crippen LogP contribution in [0.2, 0.25) is 0 Å². The Morgan fingerprint density at radius 2 is 2.06 bits per heavy atom. The summed E-state index contributed by atoms with van der Waals surface area (Å²) in [6.07, 6.45) is 1.65. The van der Waals surface area contributed by atoms with Crippen LogP contribution in [-0.2, 0) is 0 Å². The molecule has 0 aliphatic carbocycles. The number of aryl methyl sites for hydroxylation is 1. The van der Waals surface area contributed by atoms with Crippen LogP contribution >= 0.6 is 0 Å². The lowest BCUT2D eigenvalue weighted by Gasteiger charge is -2.09. The first-order valence-corrected chi connectivity index (χ1v) is 5.50. The van der Waals surface area contributed by atoms with Gasteiger partial charge in [-0.25, -0.2) is 4.98 Å². The predicted molar refractivity (Wildman–Crippen MR) is 71.2 cm³/mol. The zero-order valence-electron chi connectivity index (χ0n) is 9.97. The highest BCUT2D eigenvalue weighted by Crippen LogP contribution is 2.15. The number of aromatic nitrogens is 1. The molecule has 1 aromatic carbocycles. The summed E-state index contributed by atoms with van der Waals surface area (Å²) in [5.74, 6) is 5.63. The maximum Gasteiger partial charge on any atom is 0.258 e. The Morgan fingerprint density at radius 3 is 2.78 bits per heavy atom. The summed E-state index contributed by atoms with van der Waals surface area (Å²) in [7, 11) is 0. The Labute approximate surface area is 105 Å². The second-order valence-electron chi connectivity index (χ2n) is 3.86. The summed E-state index contributed by atoms with van der Waals surface area (Å²) in [6.45, 7) is 1.94. The minimum absolute atomic E-state index is 0.248. The molecule has 0 spiro atoms. The van der Waals surface area contributed by atoms with Gasteiger partial charge in [0.1, 0.15) is 5.82 Å². The number of carbonyl (C=O) groups is 1. The molecule has 1 aromatic heterocycles. The van der Waals surface area contributed by atoms with E-state index in [1.165, 1.54) is 0 Å². The molecule has 0 radical (unpaired) electrons. The molecule has 0 fully saturated rings. The Kier molecular flexibility index (Phi) is 3.54. The molecule has 1 amide bonds. The molecule has 5 heteroatoms. The molecular weight excluding hydrogens is 228 g/mol. The number of pyridine rings is 1. The first-order chi connectivity index (χ1) is 8.70. The van der Waals surface area contributed by atoms with Gasteiger partial charge in [-0.1, -0.05) is 12.1 Å². The standard InChI is InChI=1S/C13H14N4O/c1-9-6-7-15-12(8-9)16-13(18)10-4-2-3-5-11(10)17-14/h2-8,17H,14H2,1H3,(H,15,16,18). The van der Waals surface area contributed by atoms with Crippen LogP contribution in [0.3, 0.4) is 0 Å². The van der Waals surface area contributed by atoms with E-state index in [1.807, 2.05) is 13.0 Å². The van der Waals surface area contributed by atoms with Gasteiger partial charge in [0.15, 0.2) is 0 Å². The van der Waals surface area contributed by atoms with Gasteiger partial charge >= 0.3 is 0 Å². The Hall–Kier alpha value is -2.40. The van der Waals surface area contributed by atoms with Crippen LogP contribution in [0.5, 0.6) is 0 Å². The van der Waals surface area contributed by atoms with Crippen LogP contribution in [0.1, 0.15) is 15.9 Å². The number of nitrogens with zero attached hydrogens (tertiary/aromatic N) is 1. The fourth-order valence-corrected chi connectivity index (χ4v) is 1.60. The van der Waals surface area contributed by atoms with E-state index >= 15 is 0 Å². The van der Waals surface area contributed by atoms with Crippen molar-refractivity contribution >= 4 is 17.4 Å². The molecule has 0 saturated heterocycles. The van der Waals surface area contributed by atoms with Crippen LogP contribution in [0, 0.1) is 6.92 Å². The molecule has 0 bridgehead atoms. The summed E-state index contributed by atoms with van der Waals surface area (Å²) in [4.78, 5) is 16.1. The van der Waals surface area contributed by atoms with Crippen molar-refractivity contribution < 1.29 is 4.79 Å². The Balaban J connectivity index is 2.22. The minimum atomic E-state index is -0.248. The number of hydrogen-bond acceptors (Lipinski definition) is 4. The normalized spacial score (nSPS) is 9.89. The number of hydrogen-bond donors (Lipinski definition) is 3. The van der Waals surface area contributed by atoms with E-state index in [0.717, 1.165) is 5.56 Å². The zero-order valence-corrected chi connectivity index (χ0v) is 9.97. The van der Waals surface area contributed by atoms with E-state index in [-0.39, 0.29) is 5.91 Å². The van der Waals surface area contributed by atoms with E-state index < -0.39 is 0 Å². The molecule has 1 heterocycles. The number of rotatable bonds is 3. The fraction of sp³-hybridized carbons (Fsp3) is 0.0769. The summed E-state index contributed by atoms with van der Waals surface area (Å²) < 4.78 is 0. The van der Waals surface area contributed by atoms with Crippen molar-refractivity contribution in [2.24, 2.45) is 5.84 Å².